The van der Waals surface area contributed by atoms with Crippen LogP contribution in [0, 0.1) is 0 Å². The van der Waals surface area contributed by atoms with Gasteiger partial charge in [-0.05, 0) is 12.1 Å². The molecule has 1 amide bonds. The van der Waals surface area contributed by atoms with E-state index in [1.165, 1.54) is 0 Å². The fraction of sp³-hybridized carbons (Fsp3) is 0.308. The highest BCUT2D eigenvalue weighted by molar-refractivity contribution is 5.94. The normalized spacial score (nSPS) is 14.1. The van der Waals surface area contributed by atoms with E-state index in [1.807, 2.05) is 6.20 Å². The first-order chi connectivity index (χ1) is 9.28. The summed E-state index contributed by atoms with van der Waals surface area (Å²) in [4.78, 5) is 22.6. The predicted octanol–water partition coefficient (Wildman–Crippen LogP) is 0.976. The van der Waals surface area contributed by atoms with E-state index >= 15 is 0 Å². The number of anilines is 1. The molecule has 3 rings (SSSR count). The summed E-state index contributed by atoms with van der Waals surface area (Å²) in [6.07, 6.45) is 5.32. The highest BCUT2D eigenvalue weighted by atomic mass is 16.2. The fourth-order valence-electron chi connectivity index (χ4n) is 2.20. The van der Waals surface area contributed by atoms with Gasteiger partial charge in [-0.2, -0.15) is 0 Å². The SMILES string of the molecule is CNc1ccc(C(=O)N2CCn3ccnc3C2)cn1. The first-order valence-corrected chi connectivity index (χ1v) is 6.21. The highest BCUT2D eigenvalue weighted by Gasteiger charge is 2.22. The number of hydrogen-bond donors (Lipinski definition) is 1. The van der Waals surface area contributed by atoms with Gasteiger partial charge in [0.25, 0.3) is 5.91 Å². The second-order valence-electron chi connectivity index (χ2n) is 4.45. The molecular weight excluding hydrogens is 242 g/mol. The van der Waals surface area contributed by atoms with E-state index in [4.69, 9.17) is 0 Å². The molecule has 0 aliphatic carbocycles. The van der Waals surface area contributed by atoms with Gasteiger partial charge >= 0.3 is 0 Å². The van der Waals surface area contributed by atoms with Crippen molar-refractivity contribution < 1.29 is 4.79 Å². The maximum atomic E-state index is 12.4. The van der Waals surface area contributed by atoms with Gasteiger partial charge in [-0.15, -0.1) is 0 Å². The van der Waals surface area contributed by atoms with Gasteiger partial charge in [-0.1, -0.05) is 0 Å². The van der Waals surface area contributed by atoms with Crippen LogP contribution in [0.15, 0.2) is 30.7 Å². The number of imidazole rings is 1. The van der Waals surface area contributed by atoms with E-state index in [-0.39, 0.29) is 5.91 Å². The number of nitrogens with zero attached hydrogens (tertiary/aromatic N) is 4. The maximum Gasteiger partial charge on any atom is 0.255 e. The molecule has 6 nitrogen and oxygen atoms in total. The molecule has 0 spiro atoms. The number of pyridine rings is 1. The van der Waals surface area contributed by atoms with Crippen molar-refractivity contribution >= 4 is 11.7 Å². The van der Waals surface area contributed by atoms with Gasteiger partial charge in [0.2, 0.25) is 0 Å². The summed E-state index contributed by atoms with van der Waals surface area (Å²) in [7, 11) is 1.80. The van der Waals surface area contributed by atoms with E-state index in [0.717, 1.165) is 18.2 Å². The van der Waals surface area contributed by atoms with E-state index < -0.39 is 0 Å². The summed E-state index contributed by atoms with van der Waals surface area (Å²) < 4.78 is 2.08. The average Bonchev–Trinajstić information content (AvgIpc) is 2.94. The fourth-order valence-corrected chi connectivity index (χ4v) is 2.20. The molecule has 98 valence electrons. The Hall–Kier alpha value is -2.37. The third kappa shape index (κ3) is 2.16. The molecule has 2 aromatic rings. The van der Waals surface area contributed by atoms with Crippen LogP contribution in [0.1, 0.15) is 16.2 Å². The summed E-state index contributed by atoms with van der Waals surface area (Å²) in [6.45, 7) is 2.05. The minimum Gasteiger partial charge on any atom is -0.373 e. The van der Waals surface area contributed by atoms with Crippen LogP contribution in [0.4, 0.5) is 5.82 Å². The van der Waals surface area contributed by atoms with Crippen LogP contribution in [0.5, 0.6) is 0 Å². The Labute approximate surface area is 111 Å². The molecule has 0 unspecified atom stereocenters. The standard InChI is InChI=1S/C13H15N5O/c1-14-11-3-2-10(8-16-11)13(19)18-7-6-17-5-4-15-12(17)9-18/h2-5,8H,6-7,9H2,1H3,(H,14,16). The van der Waals surface area contributed by atoms with Crippen molar-refractivity contribution in [1.29, 1.82) is 0 Å². The largest absolute Gasteiger partial charge is 0.373 e. The number of carbonyl (C=O) groups is 1. The molecular formula is C13H15N5O. The van der Waals surface area contributed by atoms with Gasteiger partial charge in [0.1, 0.15) is 11.6 Å². The summed E-state index contributed by atoms with van der Waals surface area (Å²) in [6, 6.07) is 3.60. The number of aromatic nitrogens is 3. The van der Waals surface area contributed by atoms with Crippen LogP contribution < -0.4 is 5.32 Å². The van der Waals surface area contributed by atoms with E-state index in [2.05, 4.69) is 19.9 Å². The second kappa shape index (κ2) is 4.72. The molecule has 2 aromatic heterocycles. The Morgan fingerprint density at radius 1 is 1.32 bits per heavy atom. The molecule has 0 atom stereocenters. The minimum atomic E-state index is 0.00408. The first kappa shape index (κ1) is 11.7. The smallest absolute Gasteiger partial charge is 0.255 e. The third-order valence-corrected chi connectivity index (χ3v) is 3.30. The van der Waals surface area contributed by atoms with Gasteiger partial charge in [-0.3, -0.25) is 4.79 Å². The van der Waals surface area contributed by atoms with Crippen molar-refractivity contribution in [2.24, 2.45) is 0 Å². The summed E-state index contributed by atoms with van der Waals surface area (Å²) >= 11 is 0. The molecule has 0 saturated carbocycles. The Bertz CT molecular complexity index is 589. The van der Waals surface area contributed by atoms with Crippen molar-refractivity contribution in [3.63, 3.8) is 0 Å². The number of carbonyl (C=O) groups excluding carboxylic acids is 1. The second-order valence-corrected chi connectivity index (χ2v) is 4.45. The molecule has 6 heteroatoms. The molecule has 19 heavy (non-hydrogen) atoms. The first-order valence-electron chi connectivity index (χ1n) is 6.21. The van der Waals surface area contributed by atoms with Gasteiger partial charge < -0.3 is 14.8 Å². The lowest BCUT2D eigenvalue weighted by Crippen LogP contribution is -2.38. The van der Waals surface area contributed by atoms with Crippen molar-refractivity contribution in [2.75, 3.05) is 18.9 Å². The number of fused-ring (bicyclic) bond motifs is 1. The van der Waals surface area contributed by atoms with Crippen molar-refractivity contribution in [3.8, 4) is 0 Å². The van der Waals surface area contributed by atoms with Crippen LogP contribution in [0.25, 0.3) is 0 Å². The lowest BCUT2D eigenvalue weighted by Gasteiger charge is -2.27. The monoisotopic (exact) mass is 257 g/mol. The molecule has 0 radical (unpaired) electrons. The number of amides is 1. The van der Waals surface area contributed by atoms with Crippen LogP contribution in [-0.4, -0.2) is 38.9 Å². The zero-order valence-corrected chi connectivity index (χ0v) is 10.7. The molecule has 1 N–H and O–H groups in total. The van der Waals surface area contributed by atoms with Crippen LogP contribution in [-0.2, 0) is 13.1 Å². The lowest BCUT2D eigenvalue weighted by molar-refractivity contribution is 0.0707. The van der Waals surface area contributed by atoms with Crippen molar-refractivity contribution in [1.82, 2.24) is 19.4 Å². The highest BCUT2D eigenvalue weighted by Crippen LogP contribution is 2.14. The molecule has 1 aliphatic rings. The van der Waals surface area contributed by atoms with Crippen molar-refractivity contribution in [3.05, 3.63) is 42.1 Å². The Balaban J connectivity index is 1.77. The van der Waals surface area contributed by atoms with Gasteiger partial charge in [0.05, 0.1) is 12.1 Å². The van der Waals surface area contributed by atoms with Crippen LogP contribution in [0.3, 0.4) is 0 Å². The minimum absolute atomic E-state index is 0.00408. The molecule has 0 aromatic carbocycles. The topological polar surface area (TPSA) is 63.1 Å². The number of rotatable bonds is 2. The van der Waals surface area contributed by atoms with Gasteiger partial charge in [-0.25, -0.2) is 9.97 Å². The van der Waals surface area contributed by atoms with Crippen LogP contribution in [0.2, 0.25) is 0 Å². The molecule has 0 bridgehead atoms. The van der Waals surface area contributed by atoms with E-state index in [9.17, 15) is 4.79 Å². The molecule has 0 saturated heterocycles. The summed E-state index contributed by atoms with van der Waals surface area (Å²) in [5.41, 5.74) is 0.610. The Kier molecular flexibility index (Phi) is 2.91. The Morgan fingerprint density at radius 2 is 2.21 bits per heavy atom. The quantitative estimate of drug-likeness (QED) is 0.871. The molecule has 3 heterocycles. The Morgan fingerprint density at radius 3 is 2.95 bits per heavy atom. The summed E-state index contributed by atoms with van der Waals surface area (Å²) in [5, 5.41) is 2.93. The summed E-state index contributed by atoms with van der Waals surface area (Å²) in [5.74, 6) is 1.69. The van der Waals surface area contributed by atoms with Crippen molar-refractivity contribution in [2.45, 2.75) is 13.1 Å². The number of hydrogen-bond acceptors (Lipinski definition) is 4. The molecule has 0 fully saturated rings. The molecule has 1 aliphatic heterocycles. The van der Waals surface area contributed by atoms with Gasteiger partial charge in [0, 0.05) is 38.7 Å². The van der Waals surface area contributed by atoms with E-state index in [0.29, 0.717) is 18.7 Å². The predicted molar refractivity (Wildman–Crippen MR) is 70.8 cm³/mol. The van der Waals surface area contributed by atoms with E-state index in [1.54, 1.807) is 36.5 Å². The lowest BCUT2D eigenvalue weighted by atomic mass is 10.2. The number of nitrogens with one attached hydrogen (secondary N) is 1. The van der Waals surface area contributed by atoms with Gasteiger partial charge in [0.15, 0.2) is 0 Å². The zero-order valence-electron chi connectivity index (χ0n) is 10.7. The zero-order chi connectivity index (χ0) is 13.2. The maximum absolute atomic E-state index is 12.4. The average molecular weight is 257 g/mol. The third-order valence-electron chi connectivity index (χ3n) is 3.30. The van der Waals surface area contributed by atoms with Crippen LogP contribution >= 0.6 is 0 Å².